The zero-order valence-corrected chi connectivity index (χ0v) is 11.4. The molecule has 4 heteroatoms. The van der Waals surface area contributed by atoms with Crippen LogP contribution in [0.5, 0.6) is 0 Å². The molecule has 1 fully saturated rings. The lowest BCUT2D eigenvalue weighted by Crippen LogP contribution is -2.42. The average molecular weight is 268 g/mol. The summed E-state index contributed by atoms with van der Waals surface area (Å²) in [6.45, 7) is 3.81. The van der Waals surface area contributed by atoms with Gasteiger partial charge in [0.15, 0.2) is 0 Å². The molecule has 0 saturated carbocycles. The van der Waals surface area contributed by atoms with Crippen LogP contribution in [0, 0.1) is 5.92 Å². The summed E-state index contributed by atoms with van der Waals surface area (Å²) in [6, 6.07) is 9.92. The van der Waals surface area contributed by atoms with Gasteiger partial charge in [-0.15, -0.1) is 0 Å². The number of piperidine rings is 1. The van der Waals surface area contributed by atoms with E-state index in [-0.39, 0.29) is 24.8 Å². The predicted molar refractivity (Wildman–Crippen MR) is 73.2 cm³/mol. The Morgan fingerprint density at radius 3 is 2.37 bits per heavy atom. The van der Waals surface area contributed by atoms with Gasteiger partial charge in [0.25, 0.3) is 5.92 Å². The number of nitrogens with two attached hydrogens (primary N) is 1. The Balaban J connectivity index is 1.86. The van der Waals surface area contributed by atoms with Crippen LogP contribution in [0.2, 0.25) is 0 Å². The Kier molecular flexibility index (Phi) is 4.53. The maximum Gasteiger partial charge on any atom is 0.250 e. The van der Waals surface area contributed by atoms with Crippen molar-refractivity contribution >= 4 is 0 Å². The van der Waals surface area contributed by atoms with Gasteiger partial charge in [-0.2, -0.15) is 0 Å². The minimum atomic E-state index is -2.47. The molecule has 2 rings (SSSR count). The van der Waals surface area contributed by atoms with Crippen LogP contribution in [0.4, 0.5) is 8.78 Å². The zero-order chi connectivity index (χ0) is 13.9. The average Bonchev–Trinajstić information content (AvgIpc) is 2.41. The number of rotatable bonds is 4. The molecule has 0 unspecified atom stereocenters. The molecule has 1 aliphatic rings. The van der Waals surface area contributed by atoms with Crippen LogP contribution in [-0.2, 0) is 0 Å². The Morgan fingerprint density at radius 2 is 1.79 bits per heavy atom. The highest BCUT2D eigenvalue weighted by atomic mass is 19.3. The van der Waals surface area contributed by atoms with Crippen molar-refractivity contribution in [2.45, 2.75) is 31.7 Å². The third-order valence-corrected chi connectivity index (χ3v) is 3.93. The van der Waals surface area contributed by atoms with Crippen molar-refractivity contribution in [1.82, 2.24) is 4.90 Å². The summed E-state index contributed by atoms with van der Waals surface area (Å²) in [5.41, 5.74) is 7.34. The van der Waals surface area contributed by atoms with Crippen LogP contribution in [0.3, 0.4) is 0 Å². The molecule has 0 radical (unpaired) electrons. The summed E-state index contributed by atoms with van der Waals surface area (Å²) >= 11 is 0. The van der Waals surface area contributed by atoms with Crippen molar-refractivity contribution in [3.8, 4) is 0 Å². The van der Waals surface area contributed by atoms with Gasteiger partial charge in [0.05, 0.1) is 0 Å². The molecule has 2 atom stereocenters. The number of hydrogen-bond donors (Lipinski definition) is 1. The number of benzene rings is 1. The maximum atomic E-state index is 13.1. The van der Waals surface area contributed by atoms with Crippen LogP contribution in [0.25, 0.3) is 0 Å². The first-order valence-corrected chi connectivity index (χ1v) is 6.89. The summed E-state index contributed by atoms with van der Waals surface area (Å²) < 4.78 is 26.2. The van der Waals surface area contributed by atoms with E-state index in [1.54, 1.807) is 0 Å². The van der Waals surface area contributed by atoms with Crippen molar-refractivity contribution < 1.29 is 8.78 Å². The summed E-state index contributed by atoms with van der Waals surface area (Å²) in [5.74, 6) is -2.21. The van der Waals surface area contributed by atoms with Gasteiger partial charge >= 0.3 is 0 Å². The molecule has 0 amide bonds. The molecule has 0 aliphatic carbocycles. The van der Waals surface area contributed by atoms with Crippen molar-refractivity contribution in [1.29, 1.82) is 0 Å². The summed E-state index contributed by atoms with van der Waals surface area (Å²) in [5, 5.41) is 0. The smallest absolute Gasteiger partial charge is 0.250 e. The fraction of sp³-hybridized carbons (Fsp3) is 0.600. The van der Waals surface area contributed by atoms with Crippen LogP contribution >= 0.6 is 0 Å². The van der Waals surface area contributed by atoms with E-state index in [1.165, 1.54) is 0 Å². The molecule has 1 saturated heterocycles. The number of hydrogen-bond acceptors (Lipinski definition) is 2. The van der Waals surface area contributed by atoms with Gasteiger partial charge in [-0.1, -0.05) is 37.3 Å². The molecule has 106 valence electrons. The lowest BCUT2D eigenvalue weighted by atomic mass is 9.94. The lowest BCUT2D eigenvalue weighted by molar-refractivity contribution is -0.0574. The highest BCUT2D eigenvalue weighted by Gasteiger charge is 2.34. The second kappa shape index (κ2) is 5.97. The van der Waals surface area contributed by atoms with Crippen molar-refractivity contribution in [3.63, 3.8) is 0 Å². The Bertz CT molecular complexity index is 384. The lowest BCUT2D eigenvalue weighted by Gasteiger charge is -2.34. The normalized spacial score (nSPS) is 22.9. The van der Waals surface area contributed by atoms with Crippen LogP contribution in [0.1, 0.15) is 31.4 Å². The van der Waals surface area contributed by atoms with Crippen LogP contribution < -0.4 is 5.73 Å². The SMILES string of the molecule is C[C@@H](CN1CCC(F)(F)CC1)[C@@H](N)c1ccccc1. The summed E-state index contributed by atoms with van der Waals surface area (Å²) in [4.78, 5) is 2.10. The highest BCUT2D eigenvalue weighted by Crippen LogP contribution is 2.29. The van der Waals surface area contributed by atoms with Crippen LogP contribution in [0.15, 0.2) is 30.3 Å². The van der Waals surface area contributed by atoms with E-state index in [4.69, 9.17) is 5.73 Å². The predicted octanol–water partition coefficient (Wildman–Crippen LogP) is 3.05. The first-order chi connectivity index (χ1) is 8.98. The minimum absolute atomic E-state index is 0.0275. The minimum Gasteiger partial charge on any atom is -0.324 e. The zero-order valence-electron chi connectivity index (χ0n) is 11.4. The van der Waals surface area contributed by atoms with E-state index in [0.717, 1.165) is 12.1 Å². The molecule has 1 aliphatic heterocycles. The van der Waals surface area contributed by atoms with E-state index in [1.807, 2.05) is 30.3 Å². The van der Waals surface area contributed by atoms with Crippen molar-refractivity contribution in [2.75, 3.05) is 19.6 Å². The molecular weight excluding hydrogens is 246 g/mol. The molecule has 1 aromatic carbocycles. The quantitative estimate of drug-likeness (QED) is 0.909. The van der Waals surface area contributed by atoms with Crippen molar-refractivity contribution in [3.05, 3.63) is 35.9 Å². The van der Waals surface area contributed by atoms with E-state index in [2.05, 4.69) is 11.8 Å². The number of nitrogens with zero attached hydrogens (tertiary/aromatic N) is 1. The monoisotopic (exact) mass is 268 g/mol. The van der Waals surface area contributed by atoms with Gasteiger partial charge in [0.1, 0.15) is 0 Å². The molecule has 19 heavy (non-hydrogen) atoms. The Morgan fingerprint density at radius 1 is 1.21 bits per heavy atom. The van der Waals surface area contributed by atoms with Crippen molar-refractivity contribution in [2.24, 2.45) is 11.7 Å². The fourth-order valence-electron chi connectivity index (χ4n) is 2.59. The molecular formula is C15H22F2N2. The second-order valence-electron chi connectivity index (χ2n) is 5.57. The molecule has 2 nitrogen and oxygen atoms in total. The maximum absolute atomic E-state index is 13.1. The van der Waals surface area contributed by atoms with E-state index < -0.39 is 5.92 Å². The van der Waals surface area contributed by atoms with E-state index >= 15 is 0 Å². The largest absolute Gasteiger partial charge is 0.324 e. The van der Waals surface area contributed by atoms with Gasteiger partial charge in [-0.05, 0) is 11.5 Å². The molecule has 0 aromatic heterocycles. The number of likely N-dealkylation sites (tertiary alicyclic amines) is 1. The topological polar surface area (TPSA) is 29.3 Å². The van der Waals surface area contributed by atoms with Gasteiger partial charge in [0, 0.05) is 38.5 Å². The van der Waals surface area contributed by atoms with Gasteiger partial charge in [-0.25, -0.2) is 8.78 Å². The summed E-state index contributed by atoms with van der Waals surface area (Å²) in [7, 11) is 0. The highest BCUT2D eigenvalue weighted by molar-refractivity contribution is 5.19. The van der Waals surface area contributed by atoms with E-state index in [9.17, 15) is 8.78 Å². The van der Waals surface area contributed by atoms with Crippen LogP contribution in [-0.4, -0.2) is 30.5 Å². The fourth-order valence-corrected chi connectivity index (χ4v) is 2.59. The third kappa shape index (κ3) is 3.98. The standard InChI is InChI=1S/C15H22F2N2/c1-12(14(18)13-5-3-2-4-6-13)11-19-9-7-15(16,17)8-10-19/h2-6,12,14H,7-11,18H2,1H3/t12-,14+/m0/s1. The van der Waals surface area contributed by atoms with Gasteiger partial charge < -0.3 is 10.6 Å². The number of halogens is 2. The first-order valence-electron chi connectivity index (χ1n) is 6.89. The third-order valence-electron chi connectivity index (χ3n) is 3.93. The summed E-state index contributed by atoms with van der Waals surface area (Å²) in [6.07, 6.45) is -0.0550. The molecule has 0 bridgehead atoms. The van der Waals surface area contributed by atoms with Gasteiger partial charge in [0.2, 0.25) is 0 Å². The molecule has 2 N–H and O–H groups in total. The molecule has 1 aromatic rings. The Hall–Kier alpha value is -1.00. The second-order valence-corrected chi connectivity index (χ2v) is 5.57. The number of alkyl halides is 2. The van der Waals surface area contributed by atoms with Gasteiger partial charge in [-0.3, -0.25) is 0 Å². The Labute approximate surface area is 113 Å². The molecule has 0 spiro atoms. The van der Waals surface area contributed by atoms with E-state index in [0.29, 0.717) is 13.1 Å². The first kappa shape index (κ1) is 14.4. The molecule has 1 heterocycles.